The number of hydrogen-bond donors (Lipinski definition) is 2. The molecule has 21 heavy (non-hydrogen) atoms. The van der Waals surface area contributed by atoms with Crippen molar-refractivity contribution in [2.45, 2.75) is 6.42 Å². The number of aryl methyl sites for hydroxylation is 1. The molecular formula is C16H16N2O2S. The zero-order chi connectivity index (χ0) is 14.7. The van der Waals surface area contributed by atoms with Gasteiger partial charge in [-0.05, 0) is 36.2 Å². The maximum absolute atomic E-state index is 12.1. The van der Waals surface area contributed by atoms with Gasteiger partial charge in [-0.25, -0.2) is 8.42 Å². The smallest absolute Gasteiger partial charge is 0.233 e. The van der Waals surface area contributed by atoms with Gasteiger partial charge in [0, 0.05) is 22.8 Å². The molecule has 0 aliphatic carbocycles. The molecule has 0 radical (unpaired) electrons. The van der Waals surface area contributed by atoms with Crippen LogP contribution in [-0.4, -0.2) is 19.2 Å². The summed E-state index contributed by atoms with van der Waals surface area (Å²) in [6.07, 6.45) is 2.33. The van der Waals surface area contributed by atoms with E-state index in [0.29, 0.717) is 12.1 Å². The second-order valence-electron chi connectivity index (χ2n) is 4.94. The number of sulfonamides is 1. The van der Waals surface area contributed by atoms with Gasteiger partial charge in [-0.1, -0.05) is 30.3 Å². The van der Waals surface area contributed by atoms with Gasteiger partial charge >= 0.3 is 0 Å². The fourth-order valence-electron chi connectivity index (χ4n) is 2.24. The Balaban J connectivity index is 1.70. The minimum atomic E-state index is -3.34. The molecule has 0 unspecified atom stereocenters. The predicted octanol–water partition coefficient (Wildman–Crippen LogP) is 3.15. The topological polar surface area (TPSA) is 62.0 Å². The molecule has 4 nitrogen and oxygen atoms in total. The van der Waals surface area contributed by atoms with Crippen molar-refractivity contribution in [1.29, 1.82) is 0 Å². The minimum absolute atomic E-state index is 0.0716. The highest BCUT2D eigenvalue weighted by atomic mass is 32.2. The summed E-state index contributed by atoms with van der Waals surface area (Å²) >= 11 is 0. The van der Waals surface area contributed by atoms with Crippen molar-refractivity contribution in [1.82, 2.24) is 4.98 Å². The quantitative estimate of drug-likeness (QED) is 0.760. The van der Waals surface area contributed by atoms with E-state index in [1.807, 2.05) is 54.7 Å². The summed E-state index contributed by atoms with van der Waals surface area (Å²) in [5.41, 5.74) is 2.60. The van der Waals surface area contributed by atoms with Crippen molar-refractivity contribution >= 4 is 26.6 Å². The molecule has 3 aromatic rings. The lowest BCUT2D eigenvalue weighted by Crippen LogP contribution is -2.18. The largest absolute Gasteiger partial charge is 0.361 e. The third-order valence-electron chi connectivity index (χ3n) is 3.33. The standard InChI is InChI=1S/C16H16N2O2S/c19-21(20,11-9-13-4-2-1-3-5-13)18-15-6-7-16-14(12-15)8-10-17-16/h1-8,10,12,17-18H,9,11H2. The lowest BCUT2D eigenvalue weighted by molar-refractivity contribution is 0.600. The van der Waals surface area contributed by atoms with Crippen LogP contribution in [0.3, 0.4) is 0 Å². The van der Waals surface area contributed by atoms with Gasteiger partial charge in [0.15, 0.2) is 0 Å². The van der Waals surface area contributed by atoms with Crippen molar-refractivity contribution in [2.75, 3.05) is 10.5 Å². The highest BCUT2D eigenvalue weighted by Crippen LogP contribution is 2.19. The van der Waals surface area contributed by atoms with Gasteiger partial charge < -0.3 is 4.98 Å². The van der Waals surface area contributed by atoms with Gasteiger partial charge in [0.1, 0.15) is 0 Å². The van der Waals surface area contributed by atoms with E-state index in [1.54, 1.807) is 6.07 Å². The Morgan fingerprint density at radius 2 is 1.81 bits per heavy atom. The van der Waals surface area contributed by atoms with Crippen LogP contribution in [-0.2, 0) is 16.4 Å². The number of aromatic nitrogens is 1. The van der Waals surface area contributed by atoms with Gasteiger partial charge in [0.25, 0.3) is 0 Å². The van der Waals surface area contributed by atoms with Gasteiger partial charge in [-0.2, -0.15) is 0 Å². The van der Waals surface area contributed by atoms with E-state index in [1.165, 1.54) is 0 Å². The predicted molar refractivity (Wildman–Crippen MR) is 85.9 cm³/mol. The number of anilines is 1. The van der Waals surface area contributed by atoms with E-state index < -0.39 is 10.0 Å². The lowest BCUT2D eigenvalue weighted by Gasteiger charge is -2.08. The summed E-state index contributed by atoms with van der Waals surface area (Å²) in [6, 6.07) is 17.0. The Bertz CT molecular complexity index is 839. The first kappa shape index (κ1) is 13.7. The zero-order valence-corrected chi connectivity index (χ0v) is 12.2. The summed E-state index contributed by atoms with van der Waals surface area (Å²) in [5.74, 6) is 0.0716. The average Bonchev–Trinajstić information content (AvgIpc) is 2.93. The molecule has 0 saturated heterocycles. The van der Waals surface area contributed by atoms with E-state index in [2.05, 4.69) is 9.71 Å². The van der Waals surface area contributed by atoms with Crippen molar-refractivity contribution in [3.05, 3.63) is 66.4 Å². The van der Waals surface area contributed by atoms with Gasteiger partial charge in [-0.15, -0.1) is 0 Å². The van der Waals surface area contributed by atoms with Crippen LogP contribution in [0.1, 0.15) is 5.56 Å². The minimum Gasteiger partial charge on any atom is -0.361 e. The number of nitrogens with one attached hydrogen (secondary N) is 2. The fourth-order valence-corrected chi connectivity index (χ4v) is 3.34. The van der Waals surface area contributed by atoms with Crippen LogP contribution in [0.2, 0.25) is 0 Å². The number of aromatic amines is 1. The van der Waals surface area contributed by atoms with Crippen LogP contribution in [0.4, 0.5) is 5.69 Å². The molecule has 0 atom stereocenters. The number of benzene rings is 2. The molecule has 0 spiro atoms. The second-order valence-corrected chi connectivity index (χ2v) is 6.78. The van der Waals surface area contributed by atoms with E-state index in [-0.39, 0.29) is 5.75 Å². The first-order chi connectivity index (χ1) is 10.1. The first-order valence-corrected chi connectivity index (χ1v) is 8.39. The zero-order valence-electron chi connectivity index (χ0n) is 11.4. The normalized spacial score (nSPS) is 11.6. The SMILES string of the molecule is O=S(=O)(CCc1ccccc1)Nc1ccc2[nH]ccc2c1. The van der Waals surface area contributed by atoms with Gasteiger partial charge in [-0.3, -0.25) is 4.72 Å². The Kier molecular flexibility index (Phi) is 3.66. The van der Waals surface area contributed by atoms with E-state index >= 15 is 0 Å². The first-order valence-electron chi connectivity index (χ1n) is 6.74. The van der Waals surface area contributed by atoms with E-state index in [0.717, 1.165) is 16.5 Å². The molecule has 0 amide bonds. The molecule has 0 aliphatic heterocycles. The molecule has 0 fully saturated rings. The fraction of sp³-hybridized carbons (Fsp3) is 0.125. The van der Waals surface area contributed by atoms with Gasteiger partial charge in [0.2, 0.25) is 10.0 Å². The van der Waals surface area contributed by atoms with Crippen LogP contribution in [0.5, 0.6) is 0 Å². The summed E-state index contributed by atoms with van der Waals surface area (Å²) in [4.78, 5) is 3.08. The van der Waals surface area contributed by atoms with Crippen LogP contribution in [0.15, 0.2) is 60.8 Å². The third-order valence-corrected chi connectivity index (χ3v) is 4.62. The van der Waals surface area contributed by atoms with E-state index in [4.69, 9.17) is 0 Å². The Hall–Kier alpha value is -2.27. The molecule has 5 heteroatoms. The molecule has 0 aliphatic rings. The van der Waals surface area contributed by atoms with Crippen LogP contribution in [0, 0.1) is 0 Å². The van der Waals surface area contributed by atoms with E-state index in [9.17, 15) is 8.42 Å². The van der Waals surface area contributed by atoms with Crippen molar-refractivity contribution in [2.24, 2.45) is 0 Å². The molecule has 108 valence electrons. The van der Waals surface area contributed by atoms with Crippen LogP contribution < -0.4 is 4.72 Å². The van der Waals surface area contributed by atoms with Crippen molar-refractivity contribution in [3.63, 3.8) is 0 Å². The summed E-state index contributed by atoms with van der Waals surface area (Å²) in [5, 5.41) is 0.984. The third kappa shape index (κ3) is 3.44. The van der Waals surface area contributed by atoms with Crippen molar-refractivity contribution in [3.8, 4) is 0 Å². The highest BCUT2D eigenvalue weighted by molar-refractivity contribution is 7.92. The molecule has 2 N–H and O–H groups in total. The Morgan fingerprint density at radius 3 is 2.62 bits per heavy atom. The van der Waals surface area contributed by atoms with Crippen LogP contribution >= 0.6 is 0 Å². The number of hydrogen-bond acceptors (Lipinski definition) is 2. The molecule has 0 saturated carbocycles. The Morgan fingerprint density at radius 1 is 1.00 bits per heavy atom. The van der Waals surface area contributed by atoms with Crippen LogP contribution in [0.25, 0.3) is 10.9 Å². The van der Waals surface area contributed by atoms with Gasteiger partial charge in [0.05, 0.1) is 5.75 Å². The number of H-pyrrole nitrogens is 1. The summed E-state index contributed by atoms with van der Waals surface area (Å²) < 4.78 is 26.9. The monoisotopic (exact) mass is 300 g/mol. The number of rotatable bonds is 5. The molecule has 0 bridgehead atoms. The molecule has 3 rings (SSSR count). The molecule has 1 heterocycles. The lowest BCUT2D eigenvalue weighted by atomic mass is 10.2. The molecular weight excluding hydrogens is 284 g/mol. The molecule has 2 aromatic carbocycles. The maximum atomic E-state index is 12.1. The average molecular weight is 300 g/mol. The Labute approximate surface area is 123 Å². The maximum Gasteiger partial charge on any atom is 0.233 e. The molecule has 1 aromatic heterocycles. The summed E-state index contributed by atoms with van der Waals surface area (Å²) in [7, 11) is -3.34. The highest BCUT2D eigenvalue weighted by Gasteiger charge is 2.11. The summed E-state index contributed by atoms with van der Waals surface area (Å²) in [6.45, 7) is 0. The second kappa shape index (κ2) is 5.61. The van der Waals surface area contributed by atoms with Crippen molar-refractivity contribution < 1.29 is 8.42 Å². The number of fused-ring (bicyclic) bond motifs is 1.